The molecule has 0 fully saturated rings. The average Bonchev–Trinajstić information content (AvgIpc) is 3.04. The van der Waals surface area contributed by atoms with Gasteiger partial charge in [0.05, 0.1) is 12.3 Å². The van der Waals surface area contributed by atoms with Gasteiger partial charge in [-0.3, -0.25) is 4.79 Å². The molecular weight excluding hydrogens is 305 g/mol. The molecule has 4 nitrogen and oxygen atoms in total. The lowest BCUT2D eigenvalue weighted by atomic mass is 10.1. The first-order chi connectivity index (χ1) is 11.5. The second kappa shape index (κ2) is 6.93. The van der Waals surface area contributed by atoms with Crippen molar-refractivity contribution in [3.05, 3.63) is 71.0 Å². The van der Waals surface area contributed by atoms with Crippen LogP contribution >= 0.6 is 0 Å². The number of benzene rings is 2. The van der Waals surface area contributed by atoms with E-state index in [9.17, 15) is 9.18 Å². The lowest BCUT2D eigenvalue weighted by molar-refractivity contribution is 0.0778. The van der Waals surface area contributed by atoms with Gasteiger partial charge in [0.1, 0.15) is 5.82 Å². The second-order valence-corrected chi connectivity index (χ2v) is 6.17. The molecule has 0 radical (unpaired) electrons. The van der Waals surface area contributed by atoms with Gasteiger partial charge in [0.2, 0.25) is 0 Å². The van der Waals surface area contributed by atoms with Crippen molar-refractivity contribution >= 4 is 11.6 Å². The smallest absolute Gasteiger partial charge is 0.274 e. The van der Waals surface area contributed by atoms with Gasteiger partial charge < -0.3 is 4.90 Å². The van der Waals surface area contributed by atoms with E-state index in [1.165, 1.54) is 28.8 Å². The van der Waals surface area contributed by atoms with Crippen molar-refractivity contribution in [3.8, 4) is 0 Å². The summed E-state index contributed by atoms with van der Waals surface area (Å²) in [5, 5.41) is 5.84. The number of carbonyl (C=O) groups is 1. The minimum atomic E-state index is -0.416. The summed E-state index contributed by atoms with van der Waals surface area (Å²) in [5.41, 5.74) is 3.46. The molecule has 1 aliphatic heterocycles. The highest BCUT2D eigenvalue weighted by Crippen LogP contribution is 2.18. The SMILES string of the molecule is CN(C)Cc1ccc(C2=NN(C(=O)c3cccc(F)c3)CC2)cc1. The van der Waals surface area contributed by atoms with Crippen LogP contribution in [0.4, 0.5) is 4.39 Å². The number of hydrogen-bond acceptors (Lipinski definition) is 3. The van der Waals surface area contributed by atoms with Crippen molar-refractivity contribution in [2.75, 3.05) is 20.6 Å². The van der Waals surface area contributed by atoms with E-state index >= 15 is 0 Å². The topological polar surface area (TPSA) is 35.9 Å². The minimum absolute atomic E-state index is 0.270. The monoisotopic (exact) mass is 325 g/mol. The highest BCUT2D eigenvalue weighted by molar-refractivity contribution is 6.04. The Morgan fingerprint density at radius 3 is 2.62 bits per heavy atom. The summed E-state index contributed by atoms with van der Waals surface area (Å²) in [4.78, 5) is 14.5. The zero-order valence-electron chi connectivity index (χ0n) is 13.9. The van der Waals surface area contributed by atoms with E-state index in [2.05, 4.69) is 22.1 Å². The van der Waals surface area contributed by atoms with E-state index in [0.717, 1.165) is 17.8 Å². The van der Waals surface area contributed by atoms with E-state index < -0.39 is 5.82 Å². The standard InChI is InChI=1S/C19H20FN3O/c1-22(2)13-14-6-8-15(9-7-14)18-10-11-23(21-18)19(24)16-4-3-5-17(20)12-16/h3-9,12H,10-11,13H2,1-2H3. The van der Waals surface area contributed by atoms with Gasteiger partial charge in [-0.1, -0.05) is 30.3 Å². The third-order valence-corrected chi connectivity index (χ3v) is 3.89. The molecule has 5 heteroatoms. The van der Waals surface area contributed by atoms with Crippen molar-refractivity contribution in [3.63, 3.8) is 0 Å². The maximum atomic E-state index is 13.3. The van der Waals surface area contributed by atoms with E-state index in [0.29, 0.717) is 18.5 Å². The fourth-order valence-electron chi connectivity index (χ4n) is 2.74. The summed E-state index contributed by atoms with van der Waals surface area (Å²) in [5.74, 6) is -0.686. The van der Waals surface area contributed by atoms with E-state index in [-0.39, 0.29) is 5.91 Å². The van der Waals surface area contributed by atoms with Crippen molar-refractivity contribution in [2.45, 2.75) is 13.0 Å². The molecule has 0 aliphatic carbocycles. The second-order valence-electron chi connectivity index (χ2n) is 6.17. The van der Waals surface area contributed by atoms with Gasteiger partial charge in [-0.05, 0) is 43.4 Å². The van der Waals surface area contributed by atoms with E-state index in [1.807, 2.05) is 26.2 Å². The van der Waals surface area contributed by atoms with Crippen molar-refractivity contribution in [1.82, 2.24) is 9.91 Å². The molecular formula is C19H20FN3O. The Hall–Kier alpha value is -2.53. The Labute approximate surface area is 141 Å². The summed E-state index contributed by atoms with van der Waals surface area (Å²) in [6.07, 6.45) is 0.702. The molecule has 2 aromatic rings. The van der Waals surface area contributed by atoms with E-state index in [1.54, 1.807) is 6.07 Å². The Morgan fingerprint density at radius 2 is 1.96 bits per heavy atom. The van der Waals surface area contributed by atoms with Crippen LogP contribution in [0.15, 0.2) is 53.6 Å². The zero-order chi connectivity index (χ0) is 17.1. The molecule has 2 aromatic carbocycles. The number of nitrogens with zero attached hydrogens (tertiary/aromatic N) is 3. The molecule has 1 heterocycles. The van der Waals surface area contributed by atoms with Crippen LogP contribution in [0.3, 0.4) is 0 Å². The Bertz CT molecular complexity index is 768. The molecule has 0 N–H and O–H groups in total. The molecule has 1 aliphatic rings. The lowest BCUT2D eigenvalue weighted by Crippen LogP contribution is -2.23. The van der Waals surface area contributed by atoms with E-state index in [4.69, 9.17) is 0 Å². The van der Waals surface area contributed by atoms with Crippen LogP contribution in [0.25, 0.3) is 0 Å². The largest absolute Gasteiger partial charge is 0.305 e. The molecule has 0 saturated heterocycles. The van der Waals surface area contributed by atoms with Gasteiger partial charge in [-0.15, -0.1) is 0 Å². The maximum absolute atomic E-state index is 13.3. The predicted octanol–water partition coefficient (Wildman–Crippen LogP) is 3.14. The van der Waals surface area contributed by atoms with Gasteiger partial charge in [0.15, 0.2) is 0 Å². The van der Waals surface area contributed by atoms with Gasteiger partial charge in [0.25, 0.3) is 5.91 Å². The Morgan fingerprint density at radius 1 is 1.21 bits per heavy atom. The first-order valence-electron chi connectivity index (χ1n) is 7.92. The molecule has 0 bridgehead atoms. The normalized spacial score (nSPS) is 14.2. The van der Waals surface area contributed by atoms with Crippen LogP contribution in [0, 0.1) is 5.82 Å². The first-order valence-corrected chi connectivity index (χ1v) is 7.92. The summed E-state index contributed by atoms with van der Waals surface area (Å²) >= 11 is 0. The molecule has 0 saturated carbocycles. The average molecular weight is 325 g/mol. The molecule has 3 rings (SSSR count). The zero-order valence-corrected chi connectivity index (χ0v) is 13.9. The quantitative estimate of drug-likeness (QED) is 0.866. The Kier molecular flexibility index (Phi) is 4.71. The van der Waals surface area contributed by atoms with Gasteiger partial charge in [-0.25, -0.2) is 9.40 Å². The van der Waals surface area contributed by atoms with Crippen LogP contribution in [0.2, 0.25) is 0 Å². The summed E-state index contributed by atoms with van der Waals surface area (Å²) < 4.78 is 13.3. The lowest BCUT2D eigenvalue weighted by Gasteiger charge is -2.11. The fraction of sp³-hybridized carbons (Fsp3) is 0.263. The number of hydrazone groups is 1. The summed E-state index contributed by atoms with van der Waals surface area (Å²) in [7, 11) is 4.07. The number of amides is 1. The number of rotatable bonds is 4. The molecule has 0 atom stereocenters. The maximum Gasteiger partial charge on any atom is 0.274 e. The summed E-state index contributed by atoms with van der Waals surface area (Å²) in [6.45, 7) is 1.40. The number of hydrogen-bond donors (Lipinski definition) is 0. The molecule has 0 unspecified atom stereocenters. The van der Waals surface area contributed by atoms with Gasteiger partial charge >= 0.3 is 0 Å². The molecule has 24 heavy (non-hydrogen) atoms. The first kappa shape index (κ1) is 16.3. The molecule has 0 aromatic heterocycles. The molecule has 1 amide bonds. The van der Waals surface area contributed by atoms with Crippen molar-refractivity contribution in [1.29, 1.82) is 0 Å². The van der Waals surface area contributed by atoms with Crippen LogP contribution in [0.1, 0.15) is 27.9 Å². The minimum Gasteiger partial charge on any atom is -0.305 e. The highest BCUT2D eigenvalue weighted by atomic mass is 19.1. The fourth-order valence-corrected chi connectivity index (χ4v) is 2.74. The van der Waals surface area contributed by atoms with Crippen LogP contribution in [-0.2, 0) is 6.54 Å². The molecule has 124 valence electrons. The summed E-state index contributed by atoms with van der Waals surface area (Å²) in [6, 6.07) is 13.9. The van der Waals surface area contributed by atoms with Crippen LogP contribution in [0.5, 0.6) is 0 Å². The van der Waals surface area contributed by atoms with Gasteiger partial charge in [-0.2, -0.15) is 5.10 Å². The van der Waals surface area contributed by atoms with Crippen LogP contribution < -0.4 is 0 Å². The molecule has 0 spiro atoms. The third kappa shape index (κ3) is 3.68. The number of halogens is 1. The van der Waals surface area contributed by atoms with Crippen LogP contribution in [-0.4, -0.2) is 42.2 Å². The third-order valence-electron chi connectivity index (χ3n) is 3.89. The van der Waals surface area contributed by atoms with Crippen molar-refractivity contribution < 1.29 is 9.18 Å². The number of carbonyl (C=O) groups excluding carboxylic acids is 1. The Balaban J connectivity index is 1.74. The van der Waals surface area contributed by atoms with Crippen molar-refractivity contribution in [2.24, 2.45) is 5.10 Å². The van der Waals surface area contributed by atoms with Gasteiger partial charge in [0, 0.05) is 18.5 Å². The predicted molar refractivity (Wildman–Crippen MR) is 92.4 cm³/mol. The highest BCUT2D eigenvalue weighted by Gasteiger charge is 2.22.